The summed E-state index contributed by atoms with van der Waals surface area (Å²) in [4.78, 5) is 10.6. The number of nitrogens with one attached hydrogen (secondary N) is 1. The average molecular weight is 240 g/mol. The molecular formula is C7H14NO4S2-. The molecule has 7 heteroatoms. The summed E-state index contributed by atoms with van der Waals surface area (Å²) in [5.41, 5.74) is 0. The third-order valence-corrected chi connectivity index (χ3v) is 3.64. The van der Waals surface area contributed by atoms with Gasteiger partial charge in [-0.1, -0.05) is 0 Å². The lowest BCUT2D eigenvalue weighted by atomic mass is 10.2. The second kappa shape index (κ2) is 6.26. The van der Waals surface area contributed by atoms with E-state index in [-0.39, 0.29) is 12.2 Å². The standard InChI is InChI=1S/C7H15NO4S2/c1-3-14(11,12)8-6(7(9)10)4-5-13-2/h6,8H,3-5H2,1-2H3,(H,9,10)/p-1/t6-/m0/s1. The number of aliphatic carboxylic acids is 1. The van der Waals surface area contributed by atoms with E-state index >= 15 is 0 Å². The molecule has 0 aliphatic rings. The van der Waals surface area contributed by atoms with Crippen molar-refractivity contribution in [1.29, 1.82) is 0 Å². The third kappa shape index (κ3) is 5.46. The van der Waals surface area contributed by atoms with Gasteiger partial charge in [0, 0.05) is 0 Å². The average Bonchev–Trinajstić information content (AvgIpc) is 2.12. The van der Waals surface area contributed by atoms with Gasteiger partial charge in [0.15, 0.2) is 0 Å². The summed E-state index contributed by atoms with van der Waals surface area (Å²) in [6, 6.07) is -1.12. The molecule has 0 aromatic rings. The van der Waals surface area contributed by atoms with Crippen LogP contribution in [0.25, 0.3) is 0 Å². The Labute approximate surface area is 88.3 Å². The molecule has 1 N–H and O–H groups in total. The van der Waals surface area contributed by atoms with Crippen LogP contribution in [0, 0.1) is 0 Å². The maximum atomic E-state index is 11.1. The highest BCUT2D eigenvalue weighted by molar-refractivity contribution is 7.98. The van der Waals surface area contributed by atoms with Gasteiger partial charge in [-0.25, -0.2) is 13.1 Å². The summed E-state index contributed by atoms with van der Waals surface area (Å²) in [6.07, 6.45) is 2.06. The molecule has 0 aromatic heterocycles. The Morgan fingerprint density at radius 2 is 2.14 bits per heavy atom. The van der Waals surface area contributed by atoms with E-state index in [1.165, 1.54) is 18.7 Å². The highest BCUT2D eigenvalue weighted by atomic mass is 32.2. The van der Waals surface area contributed by atoms with Crippen molar-refractivity contribution in [1.82, 2.24) is 4.72 Å². The molecule has 0 amide bonds. The quantitative estimate of drug-likeness (QED) is 0.604. The first-order valence-electron chi connectivity index (χ1n) is 4.12. The number of carboxylic acids is 1. The van der Waals surface area contributed by atoms with Crippen molar-refractivity contribution < 1.29 is 18.3 Å². The van der Waals surface area contributed by atoms with Gasteiger partial charge in [0.05, 0.1) is 17.8 Å². The summed E-state index contributed by atoms with van der Waals surface area (Å²) >= 11 is 1.46. The van der Waals surface area contributed by atoms with Gasteiger partial charge >= 0.3 is 0 Å². The molecule has 0 radical (unpaired) electrons. The fourth-order valence-corrected chi connectivity index (χ4v) is 2.05. The maximum Gasteiger partial charge on any atom is 0.211 e. The van der Waals surface area contributed by atoms with Crippen LogP contribution in [-0.2, 0) is 14.8 Å². The van der Waals surface area contributed by atoms with E-state index in [1.807, 2.05) is 6.26 Å². The van der Waals surface area contributed by atoms with Crippen molar-refractivity contribution in [3.63, 3.8) is 0 Å². The first-order valence-corrected chi connectivity index (χ1v) is 7.17. The van der Waals surface area contributed by atoms with Crippen molar-refractivity contribution in [2.45, 2.75) is 19.4 Å². The van der Waals surface area contributed by atoms with Gasteiger partial charge < -0.3 is 9.90 Å². The monoisotopic (exact) mass is 240 g/mol. The molecule has 5 nitrogen and oxygen atoms in total. The Bertz CT molecular complexity index is 275. The number of sulfonamides is 1. The minimum Gasteiger partial charge on any atom is -0.548 e. The summed E-state index contributed by atoms with van der Waals surface area (Å²) < 4.78 is 24.2. The third-order valence-electron chi connectivity index (χ3n) is 1.60. The van der Waals surface area contributed by atoms with E-state index in [2.05, 4.69) is 4.72 Å². The molecule has 0 heterocycles. The first kappa shape index (κ1) is 13.7. The number of hydrogen-bond donors (Lipinski definition) is 1. The highest BCUT2D eigenvalue weighted by Crippen LogP contribution is 2.01. The highest BCUT2D eigenvalue weighted by Gasteiger charge is 2.16. The van der Waals surface area contributed by atoms with Crippen LogP contribution < -0.4 is 9.83 Å². The molecule has 84 valence electrons. The zero-order valence-corrected chi connectivity index (χ0v) is 9.78. The van der Waals surface area contributed by atoms with Crippen molar-refractivity contribution in [2.75, 3.05) is 17.8 Å². The number of carbonyl (C=O) groups excluding carboxylic acids is 1. The molecule has 0 saturated carbocycles. The SMILES string of the molecule is CCS(=O)(=O)N[C@@H](CCSC)C(=O)[O-]. The second-order valence-electron chi connectivity index (χ2n) is 2.67. The predicted octanol–water partition coefficient (Wildman–Crippen LogP) is -1.20. The van der Waals surface area contributed by atoms with Gasteiger partial charge in [-0.15, -0.1) is 0 Å². The minimum atomic E-state index is -3.47. The molecule has 0 saturated heterocycles. The molecule has 0 bridgehead atoms. The lowest BCUT2D eigenvalue weighted by Crippen LogP contribution is -2.48. The molecule has 0 rings (SSSR count). The maximum absolute atomic E-state index is 11.1. The van der Waals surface area contributed by atoms with E-state index < -0.39 is 22.0 Å². The number of carbonyl (C=O) groups is 1. The second-order valence-corrected chi connectivity index (χ2v) is 5.70. The minimum absolute atomic E-state index is 0.129. The summed E-state index contributed by atoms with van der Waals surface area (Å²) in [5, 5.41) is 10.6. The van der Waals surface area contributed by atoms with Crippen molar-refractivity contribution in [3.8, 4) is 0 Å². The number of hydrogen-bond acceptors (Lipinski definition) is 5. The largest absolute Gasteiger partial charge is 0.548 e. The number of rotatable bonds is 7. The van der Waals surface area contributed by atoms with Crippen LogP contribution in [-0.4, -0.2) is 38.2 Å². The van der Waals surface area contributed by atoms with E-state index in [0.717, 1.165) is 0 Å². The van der Waals surface area contributed by atoms with E-state index in [4.69, 9.17) is 0 Å². The smallest absolute Gasteiger partial charge is 0.211 e. The molecular weight excluding hydrogens is 226 g/mol. The van der Waals surface area contributed by atoms with E-state index in [9.17, 15) is 18.3 Å². The van der Waals surface area contributed by atoms with Crippen LogP contribution >= 0.6 is 11.8 Å². The Morgan fingerprint density at radius 3 is 2.50 bits per heavy atom. The molecule has 0 spiro atoms. The van der Waals surface area contributed by atoms with Gasteiger partial charge in [-0.2, -0.15) is 11.8 Å². The van der Waals surface area contributed by atoms with Crippen molar-refractivity contribution in [2.24, 2.45) is 0 Å². The van der Waals surface area contributed by atoms with Crippen LogP contribution in [0.1, 0.15) is 13.3 Å². The zero-order chi connectivity index (χ0) is 11.2. The van der Waals surface area contributed by atoms with Crippen LogP contribution in [0.3, 0.4) is 0 Å². The van der Waals surface area contributed by atoms with Crippen LogP contribution in [0.4, 0.5) is 0 Å². The number of carboxylic acid groups (broad SMARTS) is 1. The summed E-state index contributed by atoms with van der Waals surface area (Å²) in [6.45, 7) is 1.45. The topological polar surface area (TPSA) is 86.3 Å². The predicted molar refractivity (Wildman–Crippen MR) is 54.4 cm³/mol. The normalized spacial score (nSPS) is 13.9. The van der Waals surface area contributed by atoms with Gasteiger partial charge in [-0.3, -0.25) is 0 Å². The Kier molecular flexibility index (Phi) is 6.14. The van der Waals surface area contributed by atoms with Gasteiger partial charge in [0.25, 0.3) is 0 Å². The van der Waals surface area contributed by atoms with Crippen LogP contribution in [0.5, 0.6) is 0 Å². The first-order chi connectivity index (χ1) is 6.43. The fraction of sp³-hybridized carbons (Fsp3) is 0.857. The van der Waals surface area contributed by atoms with E-state index in [1.54, 1.807) is 0 Å². The Morgan fingerprint density at radius 1 is 1.57 bits per heavy atom. The molecule has 14 heavy (non-hydrogen) atoms. The molecule has 0 aliphatic heterocycles. The van der Waals surface area contributed by atoms with Crippen molar-refractivity contribution in [3.05, 3.63) is 0 Å². The lowest BCUT2D eigenvalue weighted by molar-refractivity contribution is -0.308. The molecule has 0 fully saturated rings. The van der Waals surface area contributed by atoms with Gasteiger partial charge in [0.1, 0.15) is 0 Å². The van der Waals surface area contributed by atoms with Crippen molar-refractivity contribution >= 4 is 27.8 Å². The molecule has 0 unspecified atom stereocenters. The molecule has 0 aromatic carbocycles. The number of thioether (sulfide) groups is 1. The van der Waals surface area contributed by atoms with Gasteiger partial charge in [-0.05, 0) is 25.4 Å². The molecule has 0 aliphatic carbocycles. The van der Waals surface area contributed by atoms with Crippen LogP contribution in [0.15, 0.2) is 0 Å². The zero-order valence-electron chi connectivity index (χ0n) is 8.15. The Hall–Kier alpha value is -0.270. The molecule has 1 atom stereocenters. The Balaban J connectivity index is 4.31. The van der Waals surface area contributed by atoms with E-state index in [0.29, 0.717) is 5.75 Å². The fourth-order valence-electron chi connectivity index (χ4n) is 0.761. The lowest BCUT2D eigenvalue weighted by Gasteiger charge is -2.18. The van der Waals surface area contributed by atoms with Gasteiger partial charge in [0.2, 0.25) is 10.0 Å². The summed E-state index contributed by atoms with van der Waals surface area (Å²) in [7, 11) is -3.47. The summed E-state index contributed by atoms with van der Waals surface area (Å²) in [5.74, 6) is -0.933. The van der Waals surface area contributed by atoms with Crippen LogP contribution in [0.2, 0.25) is 0 Å².